The van der Waals surface area contributed by atoms with E-state index in [2.05, 4.69) is 4.98 Å². The number of para-hydroxylation sites is 1. The van der Waals surface area contributed by atoms with Crippen LogP contribution in [-0.2, 0) is 15.6 Å². The van der Waals surface area contributed by atoms with Crippen LogP contribution in [0, 0.1) is 0 Å². The van der Waals surface area contributed by atoms with Gasteiger partial charge >= 0.3 is 0 Å². The number of hydrogen-bond acceptors (Lipinski definition) is 5. The van der Waals surface area contributed by atoms with E-state index in [0.29, 0.717) is 27.6 Å². The van der Waals surface area contributed by atoms with E-state index >= 15 is 0 Å². The molecule has 0 fully saturated rings. The van der Waals surface area contributed by atoms with E-state index in [1.165, 1.54) is 6.07 Å². The van der Waals surface area contributed by atoms with Gasteiger partial charge in [0, 0.05) is 5.39 Å². The van der Waals surface area contributed by atoms with Gasteiger partial charge in [0.25, 0.3) is 0 Å². The molecule has 1 aliphatic heterocycles. The zero-order valence-electron chi connectivity index (χ0n) is 12.4. The normalized spacial score (nSPS) is 13.4. The van der Waals surface area contributed by atoms with Crippen molar-refractivity contribution >= 4 is 32.3 Å². The summed E-state index contributed by atoms with van der Waals surface area (Å²) in [4.78, 5) is 4.26. The van der Waals surface area contributed by atoms with Crippen LogP contribution in [0.5, 0.6) is 11.5 Å². The first kappa shape index (κ1) is 15.2. The summed E-state index contributed by atoms with van der Waals surface area (Å²) in [7, 11) is -3.61. The molecule has 0 unspecified atom stereocenters. The van der Waals surface area contributed by atoms with Crippen LogP contribution in [-0.4, -0.2) is 20.2 Å². The molecular weight excluding hydrogens is 350 g/mol. The minimum absolute atomic E-state index is 0.0370. The van der Waals surface area contributed by atoms with Crippen LogP contribution in [0.3, 0.4) is 0 Å². The molecule has 0 saturated heterocycles. The van der Waals surface area contributed by atoms with E-state index in [9.17, 15) is 8.42 Å². The number of nitrogens with zero attached hydrogens (tertiary/aromatic N) is 1. The minimum Gasteiger partial charge on any atom is -0.454 e. The first-order chi connectivity index (χ1) is 11.5. The van der Waals surface area contributed by atoms with Crippen LogP contribution in [0.4, 0.5) is 0 Å². The lowest BCUT2D eigenvalue weighted by atomic mass is 10.2. The molecule has 3 aromatic rings. The smallest absolute Gasteiger partial charge is 0.231 e. The molecule has 7 heteroatoms. The number of ether oxygens (including phenoxy) is 2. The maximum atomic E-state index is 12.7. The number of sulfone groups is 1. The summed E-state index contributed by atoms with van der Waals surface area (Å²) in [5.74, 6) is 0.690. The minimum atomic E-state index is -3.61. The molecule has 0 amide bonds. The predicted molar refractivity (Wildman–Crippen MR) is 90.2 cm³/mol. The molecule has 2 heterocycles. The quantitative estimate of drug-likeness (QED) is 0.713. The lowest BCUT2D eigenvalue weighted by Gasteiger charge is -2.07. The molecule has 1 aromatic heterocycles. The summed E-state index contributed by atoms with van der Waals surface area (Å²) >= 11 is 6.11. The van der Waals surface area contributed by atoms with Crippen LogP contribution in [0.25, 0.3) is 10.9 Å². The molecule has 4 rings (SSSR count). The van der Waals surface area contributed by atoms with Crippen LogP contribution in [0.15, 0.2) is 53.6 Å². The largest absolute Gasteiger partial charge is 0.454 e. The average Bonchev–Trinajstić information content (AvgIpc) is 3.03. The third kappa shape index (κ3) is 2.68. The summed E-state index contributed by atoms with van der Waals surface area (Å²) in [5, 5.41) is 1.26. The highest BCUT2D eigenvalue weighted by Gasteiger charge is 2.22. The molecule has 122 valence electrons. The second-order valence-electron chi connectivity index (χ2n) is 5.41. The fraction of sp³-hybridized carbons (Fsp3) is 0.118. The highest BCUT2D eigenvalue weighted by Crippen LogP contribution is 2.40. The van der Waals surface area contributed by atoms with Gasteiger partial charge in [0.15, 0.2) is 26.4 Å². The number of pyridine rings is 1. The molecule has 0 N–H and O–H groups in total. The molecular formula is C17H12ClNO4S. The Labute approximate surface area is 143 Å². The van der Waals surface area contributed by atoms with E-state index in [-0.39, 0.29) is 17.6 Å². The van der Waals surface area contributed by atoms with Crippen molar-refractivity contribution in [3.63, 3.8) is 0 Å². The van der Waals surface area contributed by atoms with Gasteiger partial charge in [-0.3, -0.25) is 0 Å². The molecule has 0 radical (unpaired) electrons. The summed E-state index contributed by atoms with van der Waals surface area (Å²) < 4.78 is 35.9. The maximum Gasteiger partial charge on any atom is 0.231 e. The number of aromatic nitrogens is 1. The molecule has 0 aliphatic carbocycles. The summed E-state index contributed by atoms with van der Waals surface area (Å²) in [6, 6.07) is 13.9. The molecule has 24 heavy (non-hydrogen) atoms. The second-order valence-corrected chi connectivity index (χ2v) is 7.76. The van der Waals surface area contributed by atoms with Crippen LogP contribution in [0.1, 0.15) is 5.56 Å². The Balaban J connectivity index is 1.71. The second kappa shape index (κ2) is 5.65. The lowest BCUT2D eigenvalue weighted by molar-refractivity contribution is 0.174. The van der Waals surface area contributed by atoms with Crippen molar-refractivity contribution in [2.45, 2.75) is 10.8 Å². The molecule has 0 saturated carbocycles. The topological polar surface area (TPSA) is 65.5 Å². The Morgan fingerprint density at radius 1 is 1.08 bits per heavy atom. The average molecular weight is 362 g/mol. The van der Waals surface area contributed by atoms with Gasteiger partial charge < -0.3 is 9.47 Å². The number of benzene rings is 2. The fourth-order valence-electron chi connectivity index (χ4n) is 2.62. The standard InChI is InChI=1S/C17H12ClNO4S/c18-13-7-11(8-15-17(13)23-10-22-15)9-24(20,21)16-6-5-12-3-1-2-4-14(12)19-16/h1-8H,9-10H2. The van der Waals surface area contributed by atoms with Crippen molar-refractivity contribution in [2.24, 2.45) is 0 Å². The number of halogens is 1. The first-order valence-corrected chi connectivity index (χ1v) is 9.22. The van der Waals surface area contributed by atoms with Crippen molar-refractivity contribution < 1.29 is 17.9 Å². The lowest BCUT2D eigenvalue weighted by Crippen LogP contribution is -2.07. The molecule has 1 aliphatic rings. The van der Waals surface area contributed by atoms with Crippen LogP contribution >= 0.6 is 11.6 Å². The maximum absolute atomic E-state index is 12.7. The Bertz CT molecular complexity index is 1050. The zero-order chi connectivity index (χ0) is 16.7. The SMILES string of the molecule is O=S(=O)(Cc1cc(Cl)c2c(c1)OCO2)c1ccc2ccccc2n1. The monoisotopic (exact) mass is 361 g/mol. The summed E-state index contributed by atoms with van der Waals surface area (Å²) in [5.41, 5.74) is 1.17. The number of hydrogen-bond donors (Lipinski definition) is 0. The number of fused-ring (bicyclic) bond motifs is 2. The van der Waals surface area contributed by atoms with Crippen molar-refractivity contribution in [1.82, 2.24) is 4.98 Å². The van der Waals surface area contributed by atoms with Crippen molar-refractivity contribution in [2.75, 3.05) is 6.79 Å². The summed E-state index contributed by atoms with van der Waals surface area (Å²) in [6.45, 7) is 0.0808. The van der Waals surface area contributed by atoms with Gasteiger partial charge in [-0.1, -0.05) is 29.8 Å². The van der Waals surface area contributed by atoms with Gasteiger partial charge in [-0.2, -0.15) is 0 Å². The van der Waals surface area contributed by atoms with Gasteiger partial charge in [-0.05, 0) is 35.9 Å². The Kier molecular flexibility index (Phi) is 3.58. The van der Waals surface area contributed by atoms with Crippen LogP contribution in [0.2, 0.25) is 5.02 Å². The third-order valence-electron chi connectivity index (χ3n) is 3.74. The van der Waals surface area contributed by atoms with Crippen LogP contribution < -0.4 is 9.47 Å². The Hall–Kier alpha value is -2.31. The number of rotatable bonds is 3. The zero-order valence-corrected chi connectivity index (χ0v) is 14.0. The van der Waals surface area contributed by atoms with E-state index < -0.39 is 9.84 Å². The van der Waals surface area contributed by atoms with E-state index in [1.807, 2.05) is 18.2 Å². The molecule has 2 aromatic carbocycles. The Morgan fingerprint density at radius 2 is 1.92 bits per heavy atom. The van der Waals surface area contributed by atoms with E-state index in [4.69, 9.17) is 21.1 Å². The van der Waals surface area contributed by atoms with Gasteiger partial charge in [-0.15, -0.1) is 0 Å². The van der Waals surface area contributed by atoms with E-state index in [1.54, 1.807) is 24.3 Å². The molecule has 0 spiro atoms. The van der Waals surface area contributed by atoms with Crippen molar-refractivity contribution in [1.29, 1.82) is 0 Å². The highest BCUT2D eigenvalue weighted by atomic mass is 35.5. The van der Waals surface area contributed by atoms with E-state index in [0.717, 1.165) is 5.39 Å². The predicted octanol–water partition coefficient (Wildman–Crippen LogP) is 3.59. The molecule has 5 nitrogen and oxygen atoms in total. The van der Waals surface area contributed by atoms with Crippen molar-refractivity contribution in [3.8, 4) is 11.5 Å². The van der Waals surface area contributed by atoms with Gasteiger partial charge in [0.05, 0.1) is 16.3 Å². The molecule has 0 atom stereocenters. The highest BCUT2D eigenvalue weighted by molar-refractivity contribution is 7.90. The summed E-state index contributed by atoms with van der Waals surface area (Å²) in [6.07, 6.45) is 0. The first-order valence-electron chi connectivity index (χ1n) is 7.19. The van der Waals surface area contributed by atoms with Gasteiger partial charge in [0.2, 0.25) is 6.79 Å². The Morgan fingerprint density at radius 3 is 2.79 bits per heavy atom. The van der Waals surface area contributed by atoms with Gasteiger partial charge in [-0.25, -0.2) is 13.4 Å². The molecule has 0 bridgehead atoms. The third-order valence-corrected chi connectivity index (χ3v) is 5.59. The van der Waals surface area contributed by atoms with Crippen molar-refractivity contribution in [3.05, 3.63) is 59.1 Å². The fourth-order valence-corrected chi connectivity index (χ4v) is 4.17. The van der Waals surface area contributed by atoms with Gasteiger partial charge in [0.1, 0.15) is 0 Å².